The molecule has 2 aromatic heterocycles. The van der Waals surface area contributed by atoms with Gasteiger partial charge in [0.05, 0.1) is 16.8 Å². The average molecular weight is 411 g/mol. The maximum atomic E-state index is 12.8. The third-order valence-corrected chi connectivity index (χ3v) is 6.27. The molecular formula is C22H30N6O2. The Labute approximate surface area is 177 Å². The van der Waals surface area contributed by atoms with Crippen molar-refractivity contribution in [1.82, 2.24) is 29.5 Å². The number of pyridine rings is 1. The van der Waals surface area contributed by atoms with Crippen LogP contribution in [-0.4, -0.2) is 87.6 Å². The van der Waals surface area contributed by atoms with E-state index >= 15 is 0 Å². The van der Waals surface area contributed by atoms with Gasteiger partial charge >= 0.3 is 0 Å². The standard InChI is InChI=1S/C22H30N6O2/c1-16-19(15-26(3)24-16)22(30)27-8-6-17(7-9-27)20-5-4-18(14-23-20)21(29)28-12-10-25(2)11-13-28/h4-5,14-15,17H,6-13H2,1-3H3. The van der Waals surface area contributed by atoms with Crippen molar-refractivity contribution in [2.24, 2.45) is 7.05 Å². The number of aromatic nitrogens is 3. The molecule has 160 valence electrons. The molecule has 8 nitrogen and oxygen atoms in total. The summed E-state index contributed by atoms with van der Waals surface area (Å²) < 4.78 is 1.68. The molecule has 2 aliphatic rings. The van der Waals surface area contributed by atoms with Crippen molar-refractivity contribution >= 4 is 11.8 Å². The zero-order valence-corrected chi connectivity index (χ0v) is 18.0. The molecule has 0 bridgehead atoms. The Morgan fingerprint density at radius 3 is 2.17 bits per heavy atom. The van der Waals surface area contributed by atoms with Crippen LogP contribution in [0.25, 0.3) is 0 Å². The lowest BCUT2D eigenvalue weighted by Crippen LogP contribution is -2.47. The zero-order chi connectivity index (χ0) is 21.3. The van der Waals surface area contributed by atoms with Crippen LogP contribution in [0.15, 0.2) is 24.5 Å². The number of aryl methyl sites for hydroxylation is 2. The Morgan fingerprint density at radius 2 is 1.60 bits per heavy atom. The first-order valence-electron chi connectivity index (χ1n) is 10.7. The van der Waals surface area contributed by atoms with Crippen LogP contribution in [0.1, 0.15) is 50.9 Å². The number of likely N-dealkylation sites (tertiary alicyclic amines) is 1. The van der Waals surface area contributed by atoms with Gasteiger partial charge in [-0.2, -0.15) is 5.10 Å². The molecule has 0 N–H and O–H groups in total. The van der Waals surface area contributed by atoms with E-state index in [1.54, 1.807) is 17.1 Å². The highest BCUT2D eigenvalue weighted by Gasteiger charge is 2.27. The van der Waals surface area contributed by atoms with Crippen molar-refractivity contribution in [1.29, 1.82) is 0 Å². The molecule has 0 aliphatic carbocycles. The second kappa shape index (κ2) is 8.55. The molecule has 0 spiro atoms. The molecule has 0 unspecified atom stereocenters. The van der Waals surface area contributed by atoms with Crippen LogP contribution in [0.4, 0.5) is 0 Å². The smallest absolute Gasteiger partial charge is 0.257 e. The monoisotopic (exact) mass is 410 g/mol. The first-order valence-corrected chi connectivity index (χ1v) is 10.7. The molecule has 4 rings (SSSR count). The number of piperidine rings is 1. The van der Waals surface area contributed by atoms with Crippen LogP contribution in [-0.2, 0) is 7.05 Å². The molecular weight excluding hydrogens is 380 g/mol. The summed E-state index contributed by atoms with van der Waals surface area (Å²) in [5, 5.41) is 4.28. The first kappa shape index (κ1) is 20.5. The van der Waals surface area contributed by atoms with Crippen molar-refractivity contribution in [3.05, 3.63) is 47.0 Å². The molecule has 2 amide bonds. The lowest BCUT2D eigenvalue weighted by molar-refractivity contribution is 0.0661. The number of likely N-dealkylation sites (N-methyl/N-ethyl adjacent to an activating group) is 1. The summed E-state index contributed by atoms with van der Waals surface area (Å²) in [5.74, 6) is 0.436. The number of carbonyl (C=O) groups excluding carboxylic acids is 2. The number of carbonyl (C=O) groups is 2. The van der Waals surface area contributed by atoms with E-state index in [0.29, 0.717) is 30.1 Å². The predicted octanol–water partition coefficient (Wildman–Crippen LogP) is 1.53. The third kappa shape index (κ3) is 4.23. The van der Waals surface area contributed by atoms with Crippen LogP contribution in [0.2, 0.25) is 0 Å². The van der Waals surface area contributed by atoms with Gasteiger partial charge in [-0.15, -0.1) is 0 Å². The highest BCUT2D eigenvalue weighted by molar-refractivity contribution is 5.95. The fraction of sp³-hybridized carbons (Fsp3) is 0.545. The van der Waals surface area contributed by atoms with Crippen LogP contribution < -0.4 is 0 Å². The Morgan fingerprint density at radius 1 is 0.933 bits per heavy atom. The van der Waals surface area contributed by atoms with Gasteiger partial charge in [0.1, 0.15) is 0 Å². The quantitative estimate of drug-likeness (QED) is 0.767. The number of nitrogens with zero attached hydrogens (tertiary/aromatic N) is 6. The molecule has 2 saturated heterocycles. The van der Waals surface area contributed by atoms with E-state index in [4.69, 9.17) is 0 Å². The summed E-state index contributed by atoms with van der Waals surface area (Å²) in [6.45, 7) is 6.64. The maximum Gasteiger partial charge on any atom is 0.257 e. The van der Waals surface area contributed by atoms with Gasteiger partial charge in [-0.3, -0.25) is 19.3 Å². The van der Waals surface area contributed by atoms with Gasteiger partial charge in [0.15, 0.2) is 0 Å². The van der Waals surface area contributed by atoms with E-state index in [-0.39, 0.29) is 11.8 Å². The predicted molar refractivity (Wildman–Crippen MR) is 113 cm³/mol. The molecule has 2 aromatic rings. The summed E-state index contributed by atoms with van der Waals surface area (Å²) in [6, 6.07) is 3.89. The molecule has 4 heterocycles. The van der Waals surface area contributed by atoms with Gasteiger partial charge in [0, 0.05) is 70.3 Å². The Bertz CT molecular complexity index is 906. The zero-order valence-electron chi connectivity index (χ0n) is 18.0. The summed E-state index contributed by atoms with van der Waals surface area (Å²) in [7, 11) is 3.91. The molecule has 2 fully saturated rings. The van der Waals surface area contributed by atoms with Crippen molar-refractivity contribution in [3.63, 3.8) is 0 Å². The normalized spacial score (nSPS) is 18.6. The van der Waals surface area contributed by atoms with Gasteiger partial charge in [0.2, 0.25) is 0 Å². The largest absolute Gasteiger partial charge is 0.338 e. The summed E-state index contributed by atoms with van der Waals surface area (Å²) >= 11 is 0. The van der Waals surface area contributed by atoms with Gasteiger partial charge < -0.3 is 14.7 Å². The lowest BCUT2D eigenvalue weighted by atomic mass is 9.92. The number of amides is 2. The van der Waals surface area contributed by atoms with Crippen LogP contribution >= 0.6 is 0 Å². The van der Waals surface area contributed by atoms with E-state index in [2.05, 4.69) is 22.0 Å². The third-order valence-electron chi connectivity index (χ3n) is 6.27. The molecule has 0 saturated carbocycles. The van der Waals surface area contributed by atoms with E-state index in [0.717, 1.165) is 50.4 Å². The maximum absolute atomic E-state index is 12.8. The second-order valence-electron chi connectivity index (χ2n) is 8.44. The first-order chi connectivity index (χ1) is 14.4. The number of rotatable bonds is 3. The Kier molecular flexibility index (Phi) is 5.85. The summed E-state index contributed by atoms with van der Waals surface area (Å²) in [5.41, 5.74) is 3.12. The SMILES string of the molecule is Cc1nn(C)cc1C(=O)N1CCC(c2ccc(C(=O)N3CCN(C)CC3)cn2)CC1. The van der Waals surface area contributed by atoms with Crippen molar-refractivity contribution in [2.75, 3.05) is 46.3 Å². The van der Waals surface area contributed by atoms with Gasteiger partial charge in [-0.25, -0.2) is 0 Å². The summed E-state index contributed by atoms with van der Waals surface area (Å²) in [6.07, 6.45) is 5.27. The van der Waals surface area contributed by atoms with Gasteiger partial charge in [0.25, 0.3) is 11.8 Å². The average Bonchev–Trinajstić information content (AvgIpc) is 3.11. The molecule has 8 heteroatoms. The van der Waals surface area contributed by atoms with E-state index in [1.165, 1.54) is 0 Å². The van der Waals surface area contributed by atoms with Crippen LogP contribution in [0.3, 0.4) is 0 Å². The highest BCUT2D eigenvalue weighted by atomic mass is 16.2. The number of hydrogen-bond donors (Lipinski definition) is 0. The minimum absolute atomic E-state index is 0.0557. The van der Waals surface area contributed by atoms with Crippen molar-refractivity contribution < 1.29 is 9.59 Å². The molecule has 2 aliphatic heterocycles. The minimum Gasteiger partial charge on any atom is -0.338 e. The Balaban J connectivity index is 1.34. The van der Waals surface area contributed by atoms with Crippen molar-refractivity contribution in [3.8, 4) is 0 Å². The van der Waals surface area contributed by atoms with Gasteiger partial charge in [-0.05, 0) is 38.9 Å². The number of hydrogen-bond acceptors (Lipinski definition) is 5. The topological polar surface area (TPSA) is 74.6 Å². The van der Waals surface area contributed by atoms with E-state index in [9.17, 15) is 9.59 Å². The van der Waals surface area contributed by atoms with E-state index < -0.39 is 0 Å². The molecule has 0 atom stereocenters. The fourth-order valence-corrected chi connectivity index (χ4v) is 4.32. The number of piperazine rings is 1. The minimum atomic E-state index is 0.0557. The highest BCUT2D eigenvalue weighted by Crippen LogP contribution is 2.28. The lowest BCUT2D eigenvalue weighted by Gasteiger charge is -2.33. The second-order valence-corrected chi connectivity index (χ2v) is 8.44. The fourth-order valence-electron chi connectivity index (χ4n) is 4.32. The van der Waals surface area contributed by atoms with E-state index in [1.807, 2.05) is 35.9 Å². The Hall–Kier alpha value is -2.74. The summed E-state index contributed by atoms with van der Waals surface area (Å²) in [4.78, 5) is 36.1. The van der Waals surface area contributed by atoms with Gasteiger partial charge in [-0.1, -0.05) is 0 Å². The van der Waals surface area contributed by atoms with Crippen LogP contribution in [0.5, 0.6) is 0 Å². The van der Waals surface area contributed by atoms with Crippen molar-refractivity contribution in [2.45, 2.75) is 25.7 Å². The molecule has 0 aromatic carbocycles. The molecule has 30 heavy (non-hydrogen) atoms. The van der Waals surface area contributed by atoms with Crippen LogP contribution in [0, 0.1) is 6.92 Å². The molecule has 0 radical (unpaired) electrons.